The van der Waals surface area contributed by atoms with E-state index in [1.165, 1.54) is 0 Å². The van der Waals surface area contributed by atoms with Crippen molar-refractivity contribution in [3.05, 3.63) is 35.4 Å². The number of carboxylic acid groups (broad SMARTS) is 1. The number of hydrogen-bond acceptors (Lipinski definition) is 2. The minimum atomic E-state index is -0.821. The molecule has 1 aromatic carbocycles. The molecule has 1 heterocycles. The predicted molar refractivity (Wildman–Crippen MR) is 76.3 cm³/mol. The lowest BCUT2D eigenvalue weighted by Crippen LogP contribution is -2.39. The number of piperidine rings is 1. The molecule has 1 aliphatic rings. The van der Waals surface area contributed by atoms with Crippen LogP contribution in [-0.2, 0) is 16.1 Å². The molecule has 1 amide bonds. The summed E-state index contributed by atoms with van der Waals surface area (Å²) in [5.74, 6) is -0.979. The summed E-state index contributed by atoms with van der Waals surface area (Å²) in [6, 6.07) is 7.51. The maximum atomic E-state index is 12.0. The first kappa shape index (κ1) is 14.6. The molecule has 108 valence electrons. The number of nitrogens with zero attached hydrogens (tertiary/aromatic N) is 1. The molecule has 2 rings (SSSR count). The Bertz CT molecular complexity index is 495. The van der Waals surface area contributed by atoms with Crippen molar-refractivity contribution >= 4 is 11.9 Å². The zero-order valence-electron chi connectivity index (χ0n) is 12.0. The van der Waals surface area contributed by atoms with Gasteiger partial charge in [0.15, 0.2) is 0 Å². The average Bonchev–Trinajstić information content (AvgIpc) is 2.44. The normalized spacial score (nSPS) is 20.8. The monoisotopic (exact) mass is 275 g/mol. The fourth-order valence-electron chi connectivity index (χ4n) is 2.57. The maximum Gasteiger partial charge on any atom is 0.310 e. The molecule has 1 saturated heterocycles. The lowest BCUT2D eigenvalue weighted by atomic mass is 9.97. The number of carbonyl (C=O) groups is 2. The second-order valence-electron chi connectivity index (χ2n) is 5.60. The third-order valence-electron chi connectivity index (χ3n) is 4.02. The van der Waals surface area contributed by atoms with E-state index in [0.717, 1.165) is 30.5 Å². The number of likely N-dealkylation sites (tertiary alicyclic amines) is 1. The predicted octanol–water partition coefficient (Wildman–Crippen LogP) is 2.63. The van der Waals surface area contributed by atoms with Gasteiger partial charge in [-0.3, -0.25) is 9.59 Å². The molecule has 1 fully saturated rings. The highest BCUT2D eigenvalue weighted by molar-refractivity contribution is 5.79. The van der Waals surface area contributed by atoms with Crippen LogP contribution in [0.3, 0.4) is 0 Å². The van der Waals surface area contributed by atoms with E-state index in [2.05, 4.69) is 0 Å². The van der Waals surface area contributed by atoms with Gasteiger partial charge in [0.2, 0.25) is 5.91 Å². The summed E-state index contributed by atoms with van der Waals surface area (Å²) < 4.78 is 0. The first-order valence-electron chi connectivity index (χ1n) is 7.09. The van der Waals surface area contributed by atoms with E-state index in [0.29, 0.717) is 6.54 Å². The Kier molecular flexibility index (Phi) is 4.42. The SMILES string of the molecule is CC1CCCN(Cc2ccc(C(C)C(=O)O)cc2)C1=O. The summed E-state index contributed by atoms with van der Waals surface area (Å²) >= 11 is 0. The zero-order valence-corrected chi connectivity index (χ0v) is 12.0. The topological polar surface area (TPSA) is 57.6 Å². The molecule has 0 spiro atoms. The molecule has 1 aliphatic heterocycles. The van der Waals surface area contributed by atoms with Gasteiger partial charge in [-0.05, 0) is 30.9 Å². The molecule has 1 aromatic rings. The van der Waals surface area contributed by atoms with Crippen molar-refractivity contribution < 1.29 is 14.7 Å². The Labute approximate surface area is 119 Å². The molecule has 0 radical (unpaired) electrons. The summed E-state index contributed by atoms with van der Waals surface area (Å²) in [6.45, 7) is 5.08. The first-order chi connectivity index (χ1) is 9.49. The number of aliphatic carboxylic acids is 1. The van der Waals surface area contributed by atoms with Crippen LogP contribution in [0, 0.1) is 5.92 Å². The zero-order chi connectivity index (χ0) is 14.7. The second kappa shape index (κ2) is 6.07. The van der Waals surface area contributed by atoms with E-state index in [-0.39, 0.29) is 11.8 Å². The van der Waals surface area contributed by atoms with E-state index in [1.54, 1.807) is 6.92 Å². The van der Waals surface area contributed by atoms with Gasteiger partial charge >= 0.3 is 5.97 Å². The van der Waals surface area contributed by atoms with Crippen molar-refractivity contribution in [3.63, 3.8) is 0 Å². The molecule has 1 N–H and O–H groups in total. The van der Waals surface area contributed by atoms with Crippen molar-refractivity contribution in [2.24, 2.45) is 5.92 Å². The number of carboxylic acids is 1. The third-order valence-corrected chi connectivity index (χ3v) is 4.02. The number of rotatable bonds is 4. The van der Waals surface area contributed by atoms with Gasteiger partial charge in [0.25, 0.3) is 0 Å². The van der Waals surface area contributed by atoms with Gasteiger partial charge in [-0.25, -0.2) is 0 Å². The number of hydrogen-bond donors (Lipinski definition) is 1. The Morgan fingerprint density at radius 1 is 1.40 bits per heavy atom. The van der Waals surface area contributed by atoms with Crippen LogP contribution >= 0.6 is 0 Å². The molecule has 2 unspecified atom stereocenters. The fraction of sp³-hybridized carbons (Fsp3) is 0.500. The third kappa shape index (κ3) is 3.18. The van der Waals surface area contributed by atoms with Crippen LogP contribution in [-0.4, -0.2) is 28.4 Å². The highest BCUT2D eigenvalue weighted by Crippen LogP contribution is 2.21. The minimum Gasteiger partial charge on any atom is -0.481 e. The number of benzene rings is 1. The lowest BCUT2D eigenvalue weighted by molar-refractivity contribution is -0.139. The van der Waals surface area contributed by atoms with Crippen LogP contribution in [0.15, 0.2) is 24.3 Å². The van der Waals surface area contributed by atoms with Crippen LogP contribution < -0.4 is 0 Å². The second-order valence-corrected chi connectivity index (χ2v) is 5.60. The Morgan fingerprint density at radius 2 is 2.05 bits per heavy atom. The van der Waals surface area contributed by atoms with E-state index < -0.39 is 11.9 Å². The van der Waals surface area contributed by atoms with Gasteiger partial charge in [0.05, 0.1) is 5.92 Å². The first-order valence-corrected chi connectivity index (χ1v) is 7.09. The highest BCUT2D eigenvalue weighted by atomic mass is 16.4. The number of amides is 1. The summed E-state index contributed by atoms with van der Waals surface area (Å²) in [7, 11) is 0. The van der Waals surface area contributed by atoms with Crippen molar-refractivity contribution in [1.29, 1.82) is 0 Å². The molecule has 0 bridgehead atoms. The summed E-state index contributed by atoms with van der Waals surface area (Å²) in [6.07, 6.45) is 2.03. The summed E-state index contributed by atoms with van der Waals surface area (Å²) in [5.41, 5.74) is 1.84. The summed E-state index contributed by atoms with van der Waals surface area (Å²) in [5, 5.41) is 8.98. The van der Waals surface area contributed by atoms with Crippen molar-refractivity contribution in [2.45, 2.75) is 39.2 Å². The van der Waals surface area contributed by atoms with E-state index in [9.17, 15) is 9.59 Å². The van der Waals surface area contributed by atoms with Gasteiger partial charge in [-0.15, -0.1) is 0 Å². The van der Waals surface area contributed by atoms with E-state index in [4.69, 9.17) is 5.11 Å². The maximum absolute atomic E-state index is 12.0. The average molecular weight is 275 g/mol. The molecular weight excluding hydrogens is 254 g/mol. The molecule has 4 nitrogen and oxygen atoms in total. The van der Waals surface area contributed by atoms with Gasteiger partial charge in [-0.1, -0.05) is 31.2 Å². The van der Waals surface area contributed by atoms with E-state index in [1.807, 2.05) is 36.1 Å². The van der Waals surface area contributed by atoms with Gasteiger partial charge in [-0.2, -0.15) is 0 Å². The molecule has 20 heavy (non-hydrogen) atoms. The molecular formula is C16H21NO3. The molecule has 0 aromatic heterocycles. The standard InChI is InChI=1S/C16H21NO3/c1-11-4-3-9-17(15(11)18)10-13-5-7-14(8-6-13)12(2)16(19)20/h5-8,11-12H,3-4,9-10H2,1-2H3,(H,19,20). The number of carbonyl (C=O) groups excluding carboxylic acids is 1. The van der Waals surface area contributed by atoms with Crippen molar-refractivity contribution in [1.82, 2.24) is 4.90 Å². The van der Waals surface area contributed by atoms with Crippen LogP contribution in [0.4, 0.5) is 0 Å². The van der Waals surface area contributed by atoms with Crippen LogP contribution in [0.5, 0.6) is 0 Å². The van der Waals surface area contributed by atoms with Gasteiger partial charge in [0.1, 0.15) is 0 Å². The molecule has 2 atom stereocenters. The molecule has 0 aliphatic carbocycles. The van der Waals surface area contributed by atoms with Crippen LogP contribution in [0.2, 0.25) is 0 Å². The Morgan fingerprint density at radius 3 is 2.65 bits per heavy atom. The largest absolute Gasteiger partial charge is 0.481 e. The minimum absolute atomic E-state index is 0.120. The quantitative estimate of drug-likeness (QED) is 0.919. The van der Waals surface area contributed by atoms with Crippen LogP contribution in [0.25, 0.3) is 0 Å². The molecule has 4 heteroatoms. The Hall–Kier alpha value is -1.84. The van der Waals surface area contributed by atoms with Crippen molar-refractivity contribution in [3.8, 4) is 0 Å². The van der Waals surface area contributed by atoms with Crippen LogP contribution in [0.1, 0.15) is 43.7 Å². The summed E-state index contributed by atoms with van der Waals surface area (Å²) in [4.78, 5) is 24.9. The molecule has 0 saturated carbocycles. The smallest absolute Gasteiger partial charge is 0.310 e. The lowest BCUT2D eigenvalue weighted by Gasteiger charge is -2.30. The Balaban J connectivity index is 2.03. The van der Waals surface area contributed by atoms with E-state index >= 15 is 0 Å². The van der Waals surface area contributed by atoms with Gasteiger partial charge < -0.3 is 10.0 Å². The highest BCUT2D eigenvalue weighted by Gasteiger charge is 2.24. The fourth-order valence-corrected chi connectivity index (χ4v) is 2.57. The van der Waals surface area contributed by atoms with Gasteiger partial charge in [0, 0.05) is 19.0 Å². The van der Waals surface area contributed by atoms with Crippen molar-refractivity contribution in [2.75, 3.05) is 6.54 Å².